The number of hydrogen-bond acceptors (Lipinski definition) is 7. The zero-order valence-corrected chi connectivity index (χ0v) is 16.5. The summed E-state index contributed by atoms with van der Waals surface area (Å²) >= 11 is -1.96. The van der Waals surface area contributed by atoms with Gasteiger partial charge in [0.25, 0.3) is 6.43 Å². The molecule has 2 aromatic heterocycles. The van der Waals surface area contributed by atoms with E-state index in [0.717, 1.165) is 12.8 Å². The van der Waals surface area contributed by atoms with Crippen molar-refractivity contribution in [2.24, 2.45) is 0 Å². The molecule has 8 nitrogen and oxygen atoms in total. The molecule has 3 heterocycles. The van der Waals surface area contributed by atoms with Crippen molar-refractivity contribution in [1.29, 1.82) is 10.8 Å². The van der Waals surface area contributed by atoms with Crippen LogP contribution in [0.25, 0.3) is 5.52 Å². The Kier molecular flexibility index (Phi) is 6.43. The summed E-state index contributed by atoms with van der Waals surface area (Å²) in [4.78, 5) is 6.22. The highest BCUT2D eigenvalue weighted by Gasteiger charge is 2.24. The summed E-state index contributed by atoms with van der Waals surface area (Å²) in [6, 6.07) is 3.13. The van der Waals surface area contributed by atoms with E-state index in [1.54, 1.807) is 10.5 Å². The molecule has 1 aliphatic heterocycles. The fourth-order valence-electron chi connectivity index (χ4n) is 3.06. The third-order valence-electron chi connectivity index (χ3n) is 4.53. The number of imidazole rings is 1. The number of fused-ring (bicyclic) bond motifs is 1. The zero-order valence-electron chi connectivity index (χ0n) is 14.9. The van der Waals surface area contributed by atoms with Gasteiger partial charge in [-0.05, 0) is 36.7 Å². The average Bonchev–Trinajstić information content (AvgIpc) is 3.11. The van der Waals surface area contributed by atoms with Crippen LogP contribution >= 0.6 is 11.8 Å². The van der Waals surface area contributed by atoms with Crippen molar-refractivity contribution < 1.29 is 22.3 Å². The van der Waals surface area contributed by atoms with Crippen LogP contribution in [-0.4, -0.2) is 61.0 Å². The van der Waals surface area contributed by atoms with Crippen molar-refractivity contribution in [2.45, 2.75) is 30.2 Å². The van der Waals surface area contributed by atoms with Crippen molar-refractivity contribution in [2.75, 3.05) is 25.2 Å². The Labute approximate surface area is 166 Å². The van der Waals surface area contributed by atoms with Gasteiger partial charge in [-0.15, -0.1) is 0 Å². The van der Waals surface area contributed by atoms with Gasteiger partial charge < -0.3 is 14.2 Å². The van der Waals surface area contributed by atoms with Crippen molar-refractivity contribution >= 4 is 44.3 Å². The number of thioether (sulfide) groups is 1. The first-order valence-corrected chi connectivity index (χ1v) is 10.3. The molecule has 28 heavy (non-hydrogen) atoms. The minimum atomic E-state index is -2.98. The SMILES string of the molecule is CN(c1cc(S(=O)O)cc2c(C(=N)SC(=N)C(F)F)ncn12)C1CCOCC1. The zero-order chi connectivity index (χ0) is 20.4. The lowest BCUT2D eigenvalue weighted by molar-refractivity contribution is 0.0853. The molecule has 0 amide bonds. The number of anilines is 1. The topological polar surface area (TPSA) is 115 Å². The monoisotopic (exact) mass is 431 g/mol. The highest BCUT2D eigenvalue weighted by atomic mass is 32.2. The first kappa shape index (κ1) is 20.8. The van der Waals surface area contributed by atoms with Crippen LogP contribution in [0.4, 0.5) is 14.6 Å². The molecule has 3 rings (SSSR count). The molecular weight excluding hydrogens is 412 g/mol. The summed E-state index contributed by atoms with van der Waals surface area (Å²) in [5, 5.41) is 14.0. The molecule has 0 aromatic carbocycles. The van der Waals surface area contributed by atoms with Gasteiger partial charge in [-0.2, -0.15) is 0 Å². The molecular formula is C16H19F2N5O3S2. The van der Waals surface area contributed by atoms with Gasteiger partial charge in [-0.3, -0.25) is 15.2 Å². The van der Waals surface area contributed by atoms with Crippen LogP contribution in [0.2, 0.25) is 0 Å². The fourth-order valence-corrected chi connectivity index (χ4v) is 4.04. The Bertz CT molecular complexity index is 930. The summed E-state index contributed by atoms with van der Waals surface area (Å²) in [5.41, 5.74) is 0.415. The molecule has 2 aromatic rings. The van der Waals surface area contributed by atoms with Gasteiger partial charge in [-0.25, -0.2) is 18.0 Å². The van der Waals surface area contributed by atoms with Crippen molar-refractivity contribution in [3.05, 3.63) is 24.2 Å². The second-order valence-corrected chi connectivity index (χ2v) is 8.22. The summed E-state index contributed by atoms with van der Waals surface area (Å²) in [7, 11) is 1.86. The van der Waals surface area contributed by atoms with Gasteiger partial charge in [-0.1, -0.05) is 0 Å². The molecule has 0 aliphatic carbocycles. The van der Waals surface area contributed by atoms with E-state index in [1.165, 1.54) is 12.4 Å². The van der Waals surface area contributed by atoms with Crippen LogP contribution in [0, 0.1) is 10.8 Å². The van der Waals surface area contributed by atoms with E-state index in [4.69, 9.17) is 15.6 Å². The molecule has 0 spiro atoms. The number of hydrogen-bond donors (Lipinski definition) is 3. The lowest BCUT2D eigenvalue weighted by Crippen LogP contribution is -2.37. The molecule has 12 heteroatoms. The number of nitrogens with one attached hydrogen (secondary N) is 2. The Morgan fingerprint density at radius 3 is 2.71 bits per heavy atom. The minimum Gasteiger partial charge on any atom is -0.381 e. The molecule has 1 atom stereocenters. The maximum atomic E-state index is 12.6. The summed E-state index contributed by atoms with van der Waals surface area (Å²) in [6.07, 6.45) is 0.0582. The number of ether oxygens (including phenoxy) is 1. The maximum Gasteiger partial charge on any atom is 0.285 e. The lowest BCUT2D eigenvalue weighted by atomic mass is 10.1. The van der Waals surface area contributed by atoms with Gasteiger partial charge in [0.2, 0.25) is 0 Å². The molecule has 152 valence electrons. The van der Waals surface area contributed by atoms with E-state index in [-0.39, 0.29) is 21.7 Å². The van der Waals surface area contributed by atoms with Gasteiger partial charge in [0.05, 0.1) is 10.4 Å². The largest absolute Gasteiger partial charge is 0.381 e. The first-order valence-electron chi connectivity index (χ1n) is 8.35. The number of rotatable bonds is 5. The Morgan fingerprint density at radius 1 is 1.43 bits per heavy atom. The normalized spacial score (nSPS) is 16.5. The quantitative estimate of drug-likeness (QED) is 0.381. The molecule has 1 aliphatic rings. The van der Waals surface area contributed by atoms with E-state index in [2.05, 4.69) is 4.98 Å². The van der Waals surface area contributed by atoms with E-state index >= 15 is 0 Å². The standard InChI is InChI=1S/C16H19F2N5O3S2/c1-22(9-2-4-26-5-3-9)12-7-10(28(24)25)6-11-13(21-8-23(11)12)15(19)27-16(20)14(17)18/h6-9,14,19-20H,2-5H2,1H3,(H,24,25). The van der Waals surface area contributed by atoms with Crippen LogP contribution in [0.15, 0.2) is 23.4 Å². The van der Waals surface area contributed by atoms with E-state index < -0.39 is 22.5 Å². The first-order chi connectivity index (χ1) is 13.3. The van der Waals surface area contributed by atoms with E-state index in [9.17, 15) is 17.5 Å². The molecule has 0 saturated carbocycles. The Balaban J connectivity index is 2.04. The number of halogens is 2. The lowest BCUT2D eigenvalue weighted by Gasteiger charge is -2.33. The smallest absolute Gasteiger partial charge is 0.285 e. The van der Waals surface area contributed by atoms with Crippen LogP contribution in [0.5, 0.6) is 0 Å². The Morgan fingerprint density at radius 2 is 2.11 bits per heavy atom. The molecule has 3 N–H and O–H groups in total. The van der Waals surface area contributed by atoms with Crippen LogP contribution < -0.4 is 4.90 Å². The summed E-state index contributed by atoms with van der Waals surface area (Å²) in [5.74, 6) is 0.599. The van der Waals surface area contributed by atoms with E-state index in [1.807, 2.05) is 11.9 Å². The van der Waals surface area contributed by atoms with Gasteiger partial charge in [0.15, 0.2) is 11.1 Å². The average molecular weight is 431 g/mol. The Hall–Kier alpha value is -1.89. The fraction of sp³-hybridized carbons (Fsp3) is 0.438. The van der Waals surface area contributed by atoms with Crippen molar-refractivity contribution in [1.82, 2.24) is 9.38 Å². The maximum absolute atomic E-state index is 12.6. The van der Waals surface area contributed by atoms with Crippen molar-refractivity contribution in [3.8, 4) is 0 Å². The predicted molar refractivity (Wildman–Crippen MR) is 105 cm³/mol. The van der Waals surface area contributed by atoms with Crippen LogP contribution in [-0.2, 0) is 15.8 Å². The van der Waals surface area contributed by atoms with Crippen molar-refractivity contribution in [3.63, 3.8) is 0 Å². The van der Waals surface area contributed by atoms with Crippen LogP contribution in [0.1, 0.15) is 18.5 Å². The number of nitrogens with zero attached hydrogens (tertiary/aromatic N) is 3. The highest BCUT2D eigenvalue weighted by Crippen LogP contribution is 2.28. The summed E-state index contributed by atoms with van der Waals surface area (Å²) in [6.45, 7) is 1.24. The van der Waals surface area contributed by atoms with Gasteiger partial charge in [0.1, 0.15) is 27.9 Å². The second kappa shape index (κ2) is 8.64. The second-order valence-electron chi connectivity index (χ2n) is 6.20. The van der Waals surface area contributed by atoms with E-state index in [0.29, 0.717) is 36.3 Å². The minimum absolute atomic E-state index is 0.0735. The number of alkyl halides is 2. The summed E-state index contributed by atoms with van der Waals surface area (Å²) < 4.78 is 53.6. The van der Waals surface area contributed by atoms with Gasteiger partial charge in [0, 0.05) is 26.3 Å². The number of pyridine rings is 1. The predicted octanol–water partition coefficient (Wildman–Crippen LogP) is 2.83. The highest BCUT2D eigenvalue weighted by molar-refractivity contribution is 8.26. The molecule has 1 unspecified atom stereocenters. The van der Waals surface area contributed by atoms with Crippen LogP contribution in [0.3, 0.4) is 0 Å². The third-order valence-corrected chi connectivity index (χ3v) is 5.96. The third kappa shape index (κ3) is 4.24. The molecule has 0 bridgehead atoms. The van der Waals surface area contributed by atoms with Gasteiger partial charge >= 0.3 is 0 Å². The number of aromatic nitrogens is 2. The molecule has 1 fully saturated rings. The molecule has 1 saturated heterocycles. The molecule has 0 radical (unpaired) electrons.